The molecule has 3 aromatic rings. The van der Waals surface area contributed by atoms with Crippen LogP contribution in [0.1, 0.15) is 5.56 Å². The molecule has 0 fully saturated rings. The van der Waals surface area contributed by atoms with E-state index < -0.39 is 0 Å². The minimum Gasteiger partial charge on any atom is -0.497 e. The van der Waals surface area contributed by atoms with Crippen LogP contribution in [0.3, 0.4) is 0 Å². The van der Waals surface area contributed by atoms with E-state index in [0.717, 1.165) is 11.3 Å². The third-order valence-corrected chi connectivity index (χ3v) is 3.62. The summed E-state index contributed by atoms with van der Waals surface area (Å²) in [7, 11) is 5.26. The van der Waals surface area contributed by atoms with Gasteiger partial charge in [-0.3, -0.25) is 0 Å². The summed E-state index contributed by atoms with van der Waals surface area (Å²) in [6.45, 7) is 0. The number of methoxy groups -OCH3 is 1. The molecular formula is C19H21ClFN7O. The quantitative estimate of drug-likeness (QED) is 0.447. The van der Waals surface area contributed by atoms with E-state index in [2.05, 4.69) is 30.8 Å². The number of hydrazone groups is 1. The first kappa shape index (κ1) is 21.8. The predicted molar refractivity (Wildman–Crippen MR) is 115 cm³/mol. The standard InChI is InChI=1S/C19H20FN7O.ClH/c1-27(2)19-24-17(22-15-8-6-14(20)7-9-15)23-18(25-19)26-21-12-13-4-10-16(28-3)11-5-13;/h4-12H,1-3H3,(H2,22,23,24,25,26);1H. The van der Waals surface area contributed by atoms with Crippen molar-refractivity contribution < 1.29 is 9.13 Å². The summed E-state index contributed by atoms with van der Waals surface area (Å²) >= 11 is 0. The van der Waals surface area contributed by atoms with Crippen molar-refractivity contribution in [3.63, 3.8) is 0 Å². The summed E-state index contributed by atoms with van der Waals surface area (Å²) in [6.07, 6.45) is 1.64. The van der Waals surface area contributed by atoms with E-state index in [4.69, 9.17) is 4.74 Å². The second-order valence-corrected chi connectivity index (χ2v) is 5.95. The molecule has 0 radical (unpaired) electrons. The van der Waals surface area contributed by atoms with E-state index in [0.29, 0.717) is 17.6 Å². The number of hydrogen-bond donors (Lipinski definition) is 2. The van der Waals surface area contributed by atoms with Crippen molar-refractivity contribution in [2.75, 3.05) is 36.8 Å². The highest BCUT2D eigenvalue weighted by Gasteiger charge is 2.08. The predicted octanol–water partition coefficient (Wildman–Crippen LogP) is 3.70. The van der Waals surface area contributed by atoms with Crippen LogP contribution in [0, 0.1) is 5.82 Å². The Bertz CT molecular complexity index is 950. The minimum atomic E-state index is -0.314. The molecule has 2 N–H and O–H groups in total. The second-order valence-electron chi connectivity index (χ2n) is 5.95. The Morgan fingerprint density at radius 1 is 0.966 bits per heavy atom. The van der Waals surface area contributed by atoms with Crippen LogP contribution in [0.2, 0.25) is 0 Å². The fraction of sp³-hybridized carbons (Fsp3) is 0.158. The molecule has 1 aromatic heterocycles. The highest BCUT2D eigenvalue weighted by molar-refractivity contribution is 5.85. The Hall–Kier alpha value is -3.46. The van der Waals surface area contributed by atoms with Crippen molar-refractivity contribution in [3.05, 3.63) is 59.9 Å². The van der Waals surface area contributed by atoms with Gasteiger partial charge in [-0.05, 0) is 54.1 Å². The molecule has 3 rings (SSSR count). The van der Waals surface area contributed by atoms with Crippen LogP contribution >= 0.6 is 12.4 Å². The maximum atomic E-state index is 13.1. The lowest BCUT2D eigenvalue weighted by molar-refractivity contribution is 0.415. The molecule has 0 atom stereocenters. The molecule has 0 aliphatic carbocycles. The van der Waals surface area contributed by atoms with Crippen LogP contribution in [-0.4, -0.2) is 42.4 Å². The zero-order chi connectivity index (χ0) is 19.9. The van der Waals surface area contributed by atoms with Crippen molar-refractivity contribution in [2.24, 2.45) is 5.10 Å². The summed E-state index contributed by atoms with van der Waals surface area (Å²) in [5, 5.41) is 7.19. The molecule has 0 saturated heterocycles. The molecule has 10 heteroatoms. The molecular weight excluding hydrogens is 397 g/mol. The van der Waals surface area contributed by atoms with Crippen molar-refractivity contribution in [2.45, 2.75) is 0 Å². The van der Waals surface area contributed by atoms with Crippen molar-refractivity contribution in [3.8, 4) is 5.75 Å². The van der Waals surface area contributed by atoms with E-state index in [9.17, 15) is 4.39 Å². The number of ether oxygens (including phenoxy) is 1. The summed E-state index contributed by atoms with van der Waals surface area (Å²) in [6, 6.07) is 13.4. The van der Waals surface area contributed by atoms with Crippen LogP contribution in [0.5, 0.6) is 5.75 Å². The Kier molecular flexibility index (Phi) is 7.67. The van der Waals surface area contributed by atoms with E-state index in [1.807, 2.05) is 38.4 Å². The largest absolute Gasteiger partial charge is 0.497 e. The monoisotopic (exact) mass is 417 g/mol. The first-order valence-corrected chi connectivity index (χ1v) is 8.42. The second kappa shape index (κ2) is 10.2. The zero-order valence-corrected chi connectivity index (χ0v) is 16.9. The van der Waals surface area contributed by atoms with Gasteiger partial charge in [0.1, 0.15) is 11.6 Å². The lowest BCUT2D eigenvalue weighted by Gasteiger charge is -2.13. The van der Waals surface area contributed by atoms with Crippen LogP contribution in [0.15, 0.2) is 53.6 Å². The Morgan fingerprint density at radius 3 is 2.24 bits per heavy atom. The lowest BCUT2D eigenvalue weighted by Crippen LogP contribution is -2.15. The third-order valence-electron chi connectivity index (χ3n) is 3.62. The molecule has 152 valence electrons. The number of nitrogens with zero attached hydrogens (tertiary/aromatic N) is 5. The molecule has 0 saturated carbocycles. The van der Waals surface area contributed by atoms with E-state index in [-0.39, 0.29) is 24.2 Å². The van der Waals surface area contributed by atoms with E-state index in [1.54, 1.807) is 30.4 Å². The number of halogens is 2. The number of aromatic nitrogens is 3. The number of hydrogen-bond acceptors (Lipinski definition) is 8. The van der Waals surface area contributed by atoms with Crippen molar-refractivity contribution in [1.82, 2.24) is 15.0 Å². The molecule has 0 aliphatic rings. The highest BCUT2D eigenvalue weighted by Crippen LogP contribution is 2.17. The SMILES string of the molecule is COc1ccc(C=NNc2nc(Nc3ccc(F)cc3)nc(N(C)C)n2)cc1.Cl. The smallest absolute Gasteiger partial charge is 0.250 e. The van der Waals surface area contributed by atoms with Gasteiger partial charge in [0.25, 0.3) is 0 Å². The molecule has 0 aliphatic heterocycles. The van der Waals surface area contributed by atoms with Gasteiger partial charge in [-0.1, -0.05) is 0 Å². The Balaban J connectivity index is 0.00000300. The molecule has 0 unspecified atom stereocenters. The highest BCUT2D eigenvalue weighted by atomic mass is 35.5. The van der Waals surface area contributed by atoms with Gasteiger partial charge < -0.3 is 15.0 Å². The molecule has 8 nitrogen and oxygen atoms in total. The van der Waals surface area contributed by atoms with E-state index in [1.165, 1.54) is 12.1 Å². The van der Waals surface area contributed by atoms with Crippen LogP contribution in [-0.2, 0) is 0 Å². The molecule has 2 aromatic carbocycles. The van der Waals surface area contributed by atoms with Gasteiger partial charge in [-0.25, -0.2) is 9.82 Å². The molecule has 1 heterocycles. The van der Waals surface area contributed by atoms with Crippen molar-refractivity contribution >= 4 is 42.2 Å². The topological polar surface area (TPSA) is 87.6 Å². The summed E-state index contributed by atoms with van der Waals surface area (Å²) in [5.74, 6) is 1.49. The fourth-order valence-electron chi connectivity index (χ4n) is 2.19. The average molecular weight is 418 g/mol. The Labute approximate surface area is 174 Å². The van der Waals surface area contributed by atoms with Gasteiger partial charge in [-0.2, -0.15) is 20.1 Å². The van der Waals surface area contributed by atoms with Gasteiger partial charge in [0, 0.05) is 19.8 Å². The third kappa shape index (κ3) is 6.28. The number of anilines is 4. The van der Waals surface area contributed by atoms with Crippen molar-refractivity contribution in [1.29, 1.82) is 0 Å². The summed E-state index contributed by atoms with van der Waals surface area (Å²) in [5.41, 5.74) is 4.35. The maximum Gasteiger partial charge on any atom is 0.250 e. The lowest BCUT2D eigenvalue weighted by atomic mass is 10.2. The summed E-state index contributed by atoms with van der Waals surface area (Å²) in [4.78, 5) is 14.7. The molecule has 0 amide bonds. The van der Waals surface area contributed by atoms with Crippen LogP contribution < -0.4 is 20.4 Å². The molecule has 0 bridgehead atoms. The average Bonchev–Trinajstić information content (AvgIpc) is 2.70. The van der Waals surface area contributed by atoms with Crippen LogP contribution in [0.25, 0.3) is 0 Å². The normalized spacial score (nSPS) is 10.3. The zero-order valence-electron chi connectivity index (χ0n) is 16.1. The number of benzene rings is 2. The van der Waals surface area contributed by atoms with Gasteiger partial charge >= 0.3 is 0 Å². The Morgan fingerprint density at radius 2 is 1.62 bits per heavy atom. The van der Waals surface area contributed by atoms with Gasteiger partial charge in [0.2, 0.25) is 17.8 Å². The molecule has 0 spiro atoms. The number of rotatable bonds is 7. The van der Waals surface area contributed by atoms with E-state index >= 15 is 0 Å². The van der Waals surface area contributed by atoms with Crippen LogP contribution in [0.4, 0.5) is 27.9 Å². The maximum absolute atomic E-state index is 13.1. The minimum absolute atomic E-state index is 0. The first-order valence-electron chi connectivity index (χ1n) is 8.42. The number of nitrogens with one attached hydrogen (secondary N) is 2. The van der Waals surface area contributed by atoms with Gasteiger partial charge in [-0.15, -0.1) is 12.4 Å². The van der Waals surface area contributed by atoms with Gasteiger partial charge in [0.05, 0.1) is 13.3 Å². The van der Waals surface area contributed by atoms with Gasteiger partial charge in [0.15, 0.2) is 0 Å². The first-order chi connectivity index (χ1) is 13.5. The summed E-state index contributed by atoms with van der Waals surface area (Å²) < 4.78 is 18.2. The molecule has 29 heavy (non-hydrogen) atoms. The fourth-order valence-corrected chi connectivity index (χ4v) is 2.19.